The number of nitriles is 1. The zero-order valence-corrected chi connectivity index (χ0v) is 10.1. The van der Waals surface area contributed by atoms with Gasteiger partial charge in [-0.05, 0) is 36.8 Å². The van der Waals surface area contributed by atoms with Crippen LogP contribution < -0.4 is 10.5 Å². The normalized spacial score (nSPS) is 18.2. The summed E-state index contributed by atoms with van der Waals surface area (Å²) >= 11 is 0. The fraction of sp³-hybridized carbons (Fsp3) is 0.500. The highest BCUT2D eigenvalue weighted by atomic mass is 16.5. The molecule has 1 aliphatic carbocycles. The Hall–Kier alpha value is -1.53. The molecule has 0 aliphatic heterocycles. The standard InChI is InChI=1S/C14H18N2O/c1-2-11-5-3-4-6-13(11)17-10-14(16,9-15)12-7-8-12/h3-6,12H,2,7-8,10,16H2,1H3. The first kappa shape index (κ1) is 11.9. The molecule has 1 aliphatic rings. The van der Waals surface area contributed by atoms with Crippen molar-refractivity contribution in [2.24, 2.45) is 11.7 Å². The monoisotopic (exact) mass is 230 g/mol. The molecule has 0 radical (unpaired) electrons. The molecule has 0 saturated heterocycles. The van der Waals surface area contributed by atoms with Gasteiger partial charge in [-0.15, -0.1) is 0 Å². The highest BCUT2D eigenvalue weighted by molar-refractivity contribution is 5.33. The molecule has 90 valence electrons. The minimum absolute atomic E-state index is 0.283. The Balaban J connectivity index is 2.04. The molecule has 3 nitrogen and oxygen atoms in total. The van der Waals surface area contributed by atoms with E-state index >= 15 is 0 Å². The lowest BCUT2D eigenvalue weighted by molar-refractivity contribution is 0.235. The summed E-state index contributed by atoms with van der Waals surface area (Å²) in [7, 11) is 0. The molecular weight excluding hydrogens is 212 g/mol. The van der Waals surface area contributed by atoms with E-state index in [1.54, 1.807) is 0 Å². The van der Waals surface area contributed by atoms with E-state index in [0.717, 1.165) is 30.6 Å². The summed E-state index contributed by atoms with van der Waals surface area (Å²) in [5.41, 5.74) is 6.39. The summed E-state index contributed by atoms with van der Waals surface area (Å²) in [6.07, 6.45) is 3.01. The molecule has 0 bridgehead atoms. The predicted octanol–water partition coefficient (Wildman–Crippen LogP) is 2.26. The average molecular weight is 230 g/mol. The zero-order chi connectivity index (χ0) is 12.3. The van der Waals surface area contributed by atoms with Crippen molar-refractivity contribution in [3.8, 4) is 11.8 Å². The lowest BCUT2D eigenvalue weighted by atomic mass is 9.98. The predicted molar refractivity (Wildman–Crippen MR) is 66.6 cm³/mol. The topological polar surface area (TPSA) is 59.0 Å². The molecular formula is C14H18N2O. The first-order valence-corrected chi connectivity index (χ1v) is 6.10. The number of aryl methyl sites for hydroxylation is 1. The van der Waals surface area contributed by atoms with Crippen LogP contribution in [0.2, 0.25) is 0 Å². The number of hydrogen-bond donors (Lipinski definition) is 1. The zero-order valence-electron chi connectivity index (χ0n) is 10.1. The smallest absolute Gasteiger partial charge is 0.141 e. The number of nitrogens with two attached hydrogens (primary N) is 1. The van der Waals surface area contributed by atoms with Crippen molar-refractivity contribution >= 4 is 0 Å². The van der Waals surface area contributed by atoms with Crippen LogP contribution in [-0.4, -0.2) is 12.1 Å². The SMILES string of the molecule is CCc1ccccc1OCC(N)(C#N)C1CC1. The van der Waals surface area contributed by atoms with Crippen LogP contribution in [0.5, 0.6) is 5.75 Å². The minimum Gasteiger partial charge on any atom is -0.490 e. The van der Waals surface area contributed by atoms with E-state index in [4.69, 9.17) is 15.7 Å². The van der Waals surface area contributed by atoms with Gasteiger partial charge in [0.1, 0.15) is 17.9 Å². The van der Waals surface area contributed by atoms with Gasteiger partial charge in [-0.1, -0.05) is 25.1 Å². The van der Waals surface area contributed by atoms with Gasteiger partial charge in [-0.2, -0.15) is 5.26 Å². The second-order valence-corrected chi connectivity index (χ2v) is 4.68. The van der Waals surface area contributed by atoms with Gasteiger partial charge in [0.2, 0.25) is 0 Å². The number of ether oxygens (including phenoxy) is 1. The summed E-state index contributed by atoms with van der Waals surface area (Å²) in [6, 6.07) is 10.1. The first-order chi connectivity index (χ1) is 8.19. The summed E-state index contributed by atoms with van der Waals surface area (Å²) in [4.78, 5) is 0. The van der Waals surface area contributed by atoms with E-state index in [-0.39, 0.29) is 6.61 Å². The molecule has 1 fully saturated rings. The third-order valence-corrected chi connectivity index (χ3v) is 3.33. The molecule has 2 N–H and O–H groups in total. The number of rotatable bonds is 5. The number of benzene rings is 1. The Kier molecular flexibility index (Phi) is 3.35. The maximum Gasteiger partial charge on any atom is 0.141 e. The number of para-hydroxylation sites is 1. The van der Waals surface area contributed by atoms with E-state index in [9.17, 15) is 0 Å². The van der Waals surface area contributed by atoms with Crippen molar-refractivity contribution in [2.45, 2.75) is 31.7 Å². The van der Waals surface area contributed by atoms with Crippen molar-refractivity contribution in [1.29, 1.82) is 5.26 Å². The van der Waals surface area contributed by atoms with Crippen molar-refractivity contribution in [3.05, 3.63) is 29.8 Å². The van der Waals surface area contributed by atoms with Crippen molar-refractivity contribution in [2.75, 3.05) is 6.61 Å². The second kappa shape index (κ2) is 4.77. The van der Waals surface area contributed by atoms with E-state index in [0.29, 0.717) is 5.92 Å². The molecule has 0 heterocycles. The van der Waals surface area contributed by atoms with Gasteiger partial charge < -0.3 is 10.5 Å². The maximum absolute atomic E-state index is 9.15. The Labute approximate surface area is 102 Å². The van der Waals surface area contributed by atoms with Gasteiger partial charge in [0, 0.05) is 0 Å². The highest BCUT2D eigenvalue weighted by Gasteiger charge is 2.43. The maximum atomic E-state index is 9.15. The van der Waals surface area contributed by atoms with Gasteiger partial charge in [0.15, 0.2) is 0 Å². The molecule has 0 amide bonds. The van der Waals surface area contributed by atoms with Crippen LogP contribution in [0.3, 0.4) is 0 Å². The molecule has 2 rings (SSSR count). The van der Waals surface area contributed by atoms with Gasteiger partial charge in [-0.25, -0.2) is 0 Å². The number of nitrogens with zero attached hydrogens (tertiary/aromatic N) is 1. The van der Waals surface area contributed by atoms with Crippen LogP contribution in [0.25, 0.3) is 0 Å². The third kappa shape index (κ3) is 2.59. The van der Waals surface area contributed by atoms with Crippen LogP contribution >= 0.6 is 0 Å². The van der Waals surface area contributed by atoms with Gasteiger partial charge in [0.05, 0.1) is 6.07 Å². The van der Waals surface area contributed by atoms with E-state index in [1.807, 2.05) is 24.3 Å². The number of hydrogen-bond acceptors (Lipinski definition) is 3. The third-order valence-electron chi connectivity index (χ3n) is 3.33. The Morgan fingerprint density at radius 3 is 2.76 bits per heavy atom. The molecule has 1 saturated carbocycles. The molecule has 17 heavy (non-hydrogen) atoms. The van der Waals surface area contributed by atoms with Crippen LogP contribution in [0.1, 0.15) is 25.3 Å². The average Bonchev–Trinajstić information content (AvgIpc) is 3.21. The van der Waals surface area contributed by atoms with Crippen LogP contribution in [0.4, 0.5) is 0 Å². The fourth-order valence-corrected chi connectivity index (χ4v) is 1.97. The van der Waals surface area contributed by atoms with Crippen molar-refractivity contribution in [3.63, 3.8) is 0 Å². The highest BCUT2D eigenvalue weighted by Crippen LogP contribution is 2.38. The van der Waals surface area contributed by atoms with Crippen LogP contribution in [0.15, 0.2) is 24.3 Å². The second-order valence-electron chi connectivity index (χ2n) is 4.68. The summed E-state index contributed by atoms with van der Waals surface area (Å²) in [5.74, 6) is 1.15. The van der Waals surface area contributed by atoms with Crippen LogP contribution in [-0.2, 0) is 6.42 Å². The molecule has 3 heteroatoms. The van der Waals surface area contributed by atoms with E-state index in [2.05, 4.69) is 13.0 Å². The Morgan fingerprint density at radius 1 is 1.47 bits per heavy atom. The largest absolute Gasteiger partial charge is 0.490 e. The molecule has 1 aromatic carbocycles. The van der Waals surface area contributed by atoms with E-state index in [1.165, 1.54) is 0 Å². The lowest BCUT2D eigenvalue weighted by Crippen LogP contribution is -2.46. The fourth-order valence-electron chi connectivity index (χ4n) is 1.97. The molecule has 1 atom stereocenters. The Bertz CT molecular complexity index is 434. The van der Waals surface area contributed by atoms with Gasteiger partial charge in [-0.3, -0.25) is 0 Å². The summed E-state index contributed by atoms with van der Waals surface area (Å²) < 4.78 is 5.74. The van der Waals surface area contributed by atoms with Gasteiger partial charge in [0.25, 0.3) is 0 Å². The van der Waals surface area contributed by atoms with E-state index < -0.39 is 5.54 Å². The summed E-state index contributed by atoms with van der Waals surface area (Å²) in [6.45, 7) is 2.37. The molecule has 0 spiro atoms. The van der Waals surface area contributed by atoms with Gasteiger partial charge >= 0.3 is 0 Å². The van der Waals surface area contributed by atoms with Crippen LogP contribution in [0, 0.1) is 17.2 Å². The lowest BCUT2D eigenvalue weighted by Gasteiger charge is -2.22. The van der Waals surface area contributed by atoms with Crippen molar-refractivity contribution in [1.82, 2.24) is 0 Å². The minimum atomic E-state index is -0.819. The van der Waals surface area contributed by atoms with Crippen molar-refractivity contribution < 1.29 is 4.74 Å². The first-order valence-electron chi connectivity index (χ1n) is 6.10. The quantitative estimate of drug-likeness (QED) is 0.844. The molecule has 1 aromatic rings. The Morgan fingerprint density at radius 2 is 2.18 bits per heavy atom. The summed E-state index contributed by atoms with van der Waals surface area (Å²) in [5, 5.41) is 9.15. The molecule has 1 unspecified atom stereocenters. The molecule has 0 aromatic heterocycles.